The molecule has 0 atom stereocenters. The number of likely N-dealkylation sites (tertiary alicyclic amines) is 1. The number of hydrogen-bond donors (Lipinski definition) is 1. The van der Waals surface area contributed by atoms with Gasteiger partial charge in [-0.05, 0) is 48.6 Å². The van der Waals surface area contributed by atoms with Gasteiger partial charge in [0.25, 0.3) is 11.8 Å². The minimum atomic E-state index is -3.83. The summed E-state index contributed by atoms with van der Waals surface area (Å²) in [6.45, 7) is 1.01. The summed E-state index contributed by atoms with van der Waals surface area (Å²) in [5.41, 5.74) is 0.459. The van der Waals surface area contributed by atoms with Crippen LogP contribution in [-0.4, -0.2) is 51.1 Å². The molecule has 2 amide bonds. The molecule has 1 saturated carbocycles. The van der Waals surface area contributed by atoms with Crippen molar-refractivity contribution in [3.63, 3.8) is 0 Å². The maximum Gasteiger partial charge on any atom is 0.267 e. The zero-order valence-corrected chi connectivity index (χ0v) is 19.2. The normalized spacial score (nSPS) is 16.3. The maximum absolute atomic E-state index is 14.6. The van der Waals surface area contributed by atoms with Gasteiger partial charge in [-0.3, -0.25) is 9.59 Å². The van der Waals surface area contributed by atoms with E-state index in [4.69, 9.17) is 16.3 Å². The van der Waals surface area contributed by atoms with Crippen molar-refractivity contribution in [2.45, 2.75) is 18.8 Å². The third kappa shape index (κ3) is 5.62. The highest BCUT2D eigenvalue weighted by Crippen LogP contribution is 2.45. The van der Waals surface area contributed by atoms with Crippen molar-refractivity contribution in [3.05, 3.63) is 63.7 Å². The van der Waals surface area contributed by atoms with E-state index in [-0.39, 0.29) is 40.5 Å². The Morgan fingerprint density at radius 1 is 1.15 bits per heavy atom. The van der Waals surface area contributed by atoms with Gasteiger partial charge in [0.05, 0.1) is 18.4 Å². The molecular weight excluding hydrogens is 478 g/mol. The van der Waals surface area contributed by atoms with Gasteiger partial charge in [-0.25, -0.2) is 21.9 Å². The van der Waals surface area contributed by atoms with Crippen LogP contribution >= 0.6 is 11.6 Å². The molecule has 176 valence electrons. The number of nitrogens with one attached hydrogen (secondary N) is 1. The van der Waals surface area contributed by atoms with Gasteiger partial charge in [-0.1, -0.05) is 11.6 Å². The number of carbonyl (C=O) groups is 2. The lowest BCUT2D eigenvalue weighted by Crippen LogP contribution is -2.52. The van der Waals surface area contributed by atoms with Gasteiger partial charge < -0.3 is 9.64 Å². The fourth-order valence-corrected chi connectivity index (χ4v) is 4.38. The summed E-state index contributed by atoms with van der Waals surface area (Å²) in [6, 6.07) is 6.10. The van der Waals surface area contributed by atoms with Gasteiger partial charge in [0.1, 0.15) is 17.4 Å². The summed E-state index contributed by atoms with van der Waals surface area (Å²) < 4.78 is 58.3. The van der Waals surface area contributed by atoms with Crippen LogP contribution in [0.2, 0.25) is 5.02 Å². The standard InChI is InChI=1S/C22H21ClF2N2O5S/c1-33(30,31)26-21(28)18-7-17(13-2-3-13)20(8-19(18)25)32-11-12-9-27(10-12)22(29)14-4-15(23)6-16(24)5-14/h4-8,12-13H,2-3,9-11H2,1H3,(H,26,28). The van der Waals surface area contributed by atoms with Crippen LogP contribution in [0.5, 0.6) is 5.75 Å². The first kappa shape index (κ1) is 23.4. The van der Waals surface area contributed by atoms with Gasteiger partial charge >= 0.3 is 0 Å². The van der Waals surface area contributed by atoms with E-state index in [0.717, 1.165) is 37.3 Å². The molecule has 2 aromatic carbocycles. The summed E-state index contributed by atoms with van der Waals surface area (Å²) in [7, 11) is -3.83. The maximum atomic E-state index is 14.6. The Morgan fingerprint density at radius 2 is 1.85 bits per heavy atom. The Labute approximate surface area is 194 Å². The fourth-order valence-electron chi connectivity index (χ4n) is 3.72. The summed E-state index contributed by atoms with van der Waals surface area (Å²) in [5, 5.41) is 0.141. The van der Waals surface area contributed by atoms with E-state index in [9.17, 15) is 26.8 Å². The number of amides is 2. The van der Waals surface area contributed by atoms with Crippen molar-refractivity contribution in [1.82, 2.24) is 9.62 Å². The topological polar surface area (TPSA) is 92.8 Å². The quantitative estimate of drug-likeness (QED) is 0.632. The van der Waals surface area contributed by atoms with E-state index >= 15 is 0 Å². The lowest BCUT2D eigenvalue weighted by atomic mass is 9.99. The molecular formula is C22H21ClF2N2O5S. The predicted molar refractivity (Wildman–Crippen MR) is 117 cm³/mol. The number of carbonyl (C=O) groups excluding carboxylic acids is 2. The molecule has 1 heterocycles. The Kier molecular flexibility index (Phi) is 6.32. The fraction of sp³-hybridized carbons (Fsp3) is 0.364. The van der Waals surface area contributed by atoms with Gasteiger partial charge in [0.2, 0.25) is 10.0 Å². The second-order valence-corrected chi connectivity index (χ2v) is 10.6. The molecule has 0 spiro atoms. The average Bonchev–Trinajstić information content (AvgIpc) is 3.49. The minimum Gasteiger partial charge on any atom is -0.493 e. The van der Waals surface area contributed by atoms with E-state index in [1.807, 2.05) is 0 Å². The highest BCUT2D eigenvalue weighted by atomic mass is 35.5. The lowest BCUT2D eigenvalue weighted by Gasteiger charge is -2.39. The summed E-state index contributed by atoms with van der Waals surface area (Å²) >= 11 is 5.81. The van der Waals surface area contributed by atoms with Crippen molar-refractivity contribution < 1.29 is 31.5 Å². The molecule has 1 aliphatic carbocycles. The second kappa shape index (κ2) is 8.90. The largest absolute Gasteiger partial charge is 0.493 e. The molecule has 11 heteroatoms. The van der Waals surface area contributed by atoms with E-state index in [1.54, 1.807) is 9.62 Å². The van der Waals surface area contributed by atoms with E-state index in [1.165, 1.54) is 12.1 Å². The lowest BCUT2D eigenvalue weighted by molar-refractivity contribution is 0.0391. The zero-order valence-electron chi connectivity index (χ0n) is 17.6. The highest BCUT2D eigenvalue weighted by Gasteiger charge is 2.34. The second-order valence-electron chi connectivity index (χ2n) is 8.39. The van der Waals surface area contributed by atoms with Crippen molar-refractivity contribution in [3.8, 4) is 5.75 Å². The molecule has 2 aromatic rings. The Morgan fingerprint density at radius 3 is 2.45 bits per heavy atom. The monoisotopic (exact) mass is 498 g/mol. The van der Waals surface area contributed by atoms with Crippen molar-refractivity contribution in [2.24, 2.45) is 5.92 Å². The Hall–Kier alpha value is -2.72. The average molecular weight is 499 g/mol. The first-order valence-corrected chi connectivity index (χ1v) is 12.5. The molecule has 2 aliphatic rings. The molecule has 0 radical (unpaired) electrons. The van der Waals surface area contributed by atoms with Crippen LogP contribution in [-0.2, 0) is 10.0 Å². The Balaban J connectivity index is 1.39. The van der Waals surface area contributed by atoms with Crippen molar-refractivity contribution >= 4 is 33.4 Å². The van der Waals surface area contributed by atoms with Gasteiger partial charge in [-0.15, -0.1) is 0 Å². The van der Waals surface area contributed by atoms with E-state index in [2.05, 4.69) is 0 Å². The number of nitrogens with zero attached hydrogens (tertiary/aromatic N) is 1. The van der Waals surface area contributed by atoms with Crippen LogP contribution in [0.4, 0.5) is 8.78 Å². The number of benzene rings is 2. The van der Waals surface area contributed by atoms with Gasteiger partial charge in [0, 0.05) is 35.7 Å². The van der Waals surface area contributed by atoms with Crippen LogP contribution in [0.15, 0.2) is 30.3 Å². The summed E-state index contributed by atoms with van der Waals surface area (Å²) in [5.74, 6) is -2.43. The first-order valence-electron chi connectivity index (χ1n) is 10.2. The summed E-state index contributed by atoms with van der Waals surface area (Å²) in [6.07, 6.45) is 2.53. The van der Waals surface area contributed by atoms with Crippen LogP contribution in [0.25, 0.3) is 0 Å². The van der Waals surface area contributed by atoms with E-state index in [0.29, 0.717) is 24.4 Å². The highest BCUT2D eigenvalue weighted by molar-refractivity contribution is 7.89. The SMILES string of the molecule is CS(=O)(=O)NC(=O)c1cc(C2CC2)c(OCC2CN(C(=O)c3cc(F)cc(Cl)c3)C2)cc1F. The molecule has 1 saturated heterocycles. The molecule has 0 bridgehead atoms. The Bertz CT molecular complexity index is 1210. The predicted octanol–water partition coefficient (Wildman–Crippen LogP) is 3.34. The molecule has 4 rings (SSSR count). The smallest absolute Gasteiger partial charge is 0.267 e. The number of hydrogen-bond acceptors (Lipinski definition) is 5. The third-order valence-electron chi connectivity index (χ3n) is 5.47. The van der Waals surface area contributed by atoms with Gasteiger partial charge in [-0.2, -0.15) is 0 Å². The number of rotatable bonds is 7. The van der Waals surface area contributed by atoms with Crippen molar-refractivity contribution in [2.75, 3.05) is 26.0 Å². The molecule has 1 aliphatic heterocycles. The molecule has 0 unspecified atom stereocenters. The summed E-state index contributed by atoms with van der Waals surface area (Å²) in [4.78, 5) is 26.1. The number of ether oxygens (including phenoxy) is 1. The number of halogens is 3. The molecule has 7 nitrogen and oxygen atoms in total. The molecule has 0 aromatic heterocycles. The molecule has 2 fully saturated rings. The van der Waals surface area contributed by atoms with Crippen LogP contribution in [0, 0.1) is 17.6 Å². The molecule has 33 heavy (non-hydrogen) atoms. The van der Waals surface area contributed by atoms with Crippen molar-refractivity contribution in [1.29, 1.82) is 0 Å². The first-order chi connectivity index (χ1) is 15.5. The van der Waals surface area contributed by atoms with Crippen LogP contribution < -0.4 is 9.46 Å². The number of sulfonamides is 1. The molecule has 1 N–H and O–H groups in total. The third-order valence-corrected chi connectivity index (χ3v) is 6.24. The van der Waals surface area contributed by atoms with Gasteiger partial charge in [0.15, 0.2) is 0 Å². The minimum absolute atomic E-state index is 0.00121. The van der Waals surface area contributed by atoms with Crippen LogP contribution in [0.3, 0.4) is 0 Å². The van der Waals surface area contributed by atoms with E-state index < -0.39 is 27.6 Å². The van der Waals surface area contributed by atoms with Crippen LogP contribution in [0.1, 0.15) is 45.0 Å². The zero-order chi connectivity index (χ0) is 23.9.